The Balaban J connectivity index is 0.000000805. The molecule has 0 spiro atoms. The van der Waals surface area contributed by atoms with E-state index in [1.54, 1.807) is 20.0 Å². The topological polar surface area (TPSA) is 114 Å². The first-order chi connectivity index (χ1) is 18.0. The van der Waals surface area contributed by atoms with E-state index in [1.807, 2.05) is 54.6 Å². The molecule has 3 rings (SSSR count). The maximum Gasteiger partial charge on any atom is 0.306 e. The van der Waals surface area contributed by atoms with Gasteiger partial charge in [0.1, 0.15) is 12.4 Å². The number of nitrogens with one attached hydrogen (secondary N) is 1. The Bertz CT molecular complexity index is 1170. The number of Topliss-reactive ketones (excluding diaryl/α,β-unsaturated/α-hetero) is 2. The number of hydrogen-bond donors (Lipinski definition) is 2. The number of rotatable bonds is 10. The van der Waals surface area contributed by atoms with Gasteiger partial charge in [-0.2, -0.15) is 0 Å². The summed E-state index contributed by atoms with van der Waals surface area (Å²) in [7, 11) is 0. The van der Waals surface area contributed by atoms with Gasteiger partial charge in [0.05, 0.1) is 12.8 Å². The van der Waals surface area contributed by atoms with E-state index in [9.17, 15) is 19.2 Å². The summed E-state index contributed by atoms with van der Waals surface area (Å²) < 4.78 is 5.25. The van der Waals surface area contributed by atoms with Gasteiger partial charge >= 0.3 is 11.9 Å². The predicted octanol–water partition coefficient (Wildman–Crippen LogP) is 7.49. The summed E-state index contributed by atoms with van der Waals surface area (Å²) in [5.41, 5.74) is 2.47. The molecule has 2 aromatic carbocycles. The Labute approximate surface area is 233 Å². The Kier molecular flexibility index (Phi) is 16.7. The Hall–Kier alpha value is -3.74. The summed E-state index contributed by atoms with van der Waals surface area (Å²) in [4.78, 5) is 48.0. The SMILES string of the molecule is C.CC(=O)C(C)CC(=O)O.CCC(C)C.C[C@@H](CC(=O)OCc1ccccc1)C(=O)c1c[nH]c2ccccc12. The zero-order valence-corrected chi connectivity index (χ0v) is 23.3. The number of hydrogen-bond acceptors (Lipinski definition) is 5. The third kappa shape index (κ3) is 13.6. The van der Waals surface area contributed by atoms with E-state index < -0.39 is 11.9 Å². The number of para-hydroxylation sites is 1. The predicted molar refractivity (Wildman–Crippen MR) is 157 cm³/mol. The fraction of sp³-hybridized carbons (Fsp3) is 0.438. The number of carboxylic acid groups (broad SMARTS) is 1. The van der Waals surface area contributed by atoms with Crippen LogP contribution >= 0.6 is 0 Å². The van der Waals surface area contributed by atoms with Gasteiger partial charge in [-0.1, -0.05) is 97.0 Å². The smallest absolute Gasteiger partial charge is 0.306 e. The van der Waals surface area contributed by atoms with Gasteiger partial charge in [0, 0.05) is 34.5 Å². The van der Waals surface area contributed by atoms with Crippen LogP contribution in [0.5, 0.6) is 0 Å². The van der Waals surface area contributed by atoms with Gasteiger partial charge in [-0.25, -0.2) is 0 Å². The third-order valence-electron chi connectivity index (χ3n) is 6.01. The molecule has 0 bridgehead atoms. The highest BCUT2D eigenvalue weighted by atomic mass is 16.5. The number of carbonyl (C=O) groups excluding carboxylic acids is 3. The van der Waals surface area contributed by atoms with Crippen molar-refractivity contribution >= 4 is 34.4 Å². The lowest BCUT2D eigenvalue weighted by atomic mass is 9.96. The number of benzene rings is 2. The average molecular weight is 540 g/mol. The van der Waals surface area contributed by atoms with Crippen LogP contribution in [0.2, 0.25) is 0 Å². The van der Waals surface area contributed by atoms with Crippen molar-refractivity contribution in [3.8, 4) is 0 Å². The zero-order valence-electron chi connectivity index (χ0n) is 23.3. The number of aromatic amines is 1. The minimum absolute atomic E-state index is 0. The Morgan fingerprint density at radius 2 is 1.44 bits per heavy atom. The van der Waals surface area contributed by atoms with Gasteiger partial charge in [-0.05, 0) is 24.5 Å². The number of carboxylic acids is 1. The van der Waals surface area contributed by atoms with Gasteiger partial charge in [-0.3, -0.25) is 19.2 Å². The molecule has 2 atom stereocenters. The van der Waals surface area contributed by atoms with Crippen molar-refractivity contribution in [2.75, 3.05) is 0 Å². The second-order valence-corrected chi connectivity index (χ2v) is 9.78. The molecule has 1 heterocycles. The highest BCUT2D eigenvalue weighted by Crippen LogP contribution is 2.22. The second-order valence-electron chi connectivity index (χ2n) is 9.78. The lowest BCUT2D eigenvalue weighted by Crippen LogP contribution is -2.17. The maximum atomic E-state index is 12.6. The number of ketones is 2. The van der Waals surface area contributed by atoms with E-state index in [-0.39, 0.29) is 50.3 Å². The number of aromatic nitrogens is 1. The van der Waals surface area contributed by atoms with Crippen molar-refractivity contribution in [1.82, 2.24) is 4.98 Å². The van der Waals surface area contributed by atoms with E-state index in [4.69, 9.17) is 9.84 Å². The summed E-state index contributed by atoms with van der Waals surface area (Å²) in [6.07, 6.45) is 3.03. The summed E-state index contributed by atoms with van der Waals surface area (Å²) >= 11 is 0. The first-order valence-corrected chi connectivity index (χ1v) is 13.0. The fourth-order valence-electron chi connectivity index (χ4n) is 3.09. The molecule has 0 amide bonds. The highest BCUT2D eigenvalue weighted by Gasteiger charge is 2.22. The molecule has 39 heavy (non-hydrogen) atoms. The molecule has 0 saturated carbocycles. The minimum Gasteiger partial charge on any atom is -0.481 e. The molecule has 7 heteroatoms. The third-order valence-corrected chi connectivity index (χ3v) is 6.01. The first kappa shape index (κ1) is 35.3. The summed E-state index contributed by atoms with van der Waals surface area (Å²) in [6.45, 7) is 11.6. The van der Waals surface area contributed by atoms with Gasteiger partial charge < -0.3 is 14.8 Å². The number of aliphatic carboxylic acids is 1. The summed E-state index contributed by atoms with van der Waals surface area (Å²) in [5, 5.41) is 9.06. The van der Waals surface area contributed by atoms with Gasteiger partial charge in [0.2, 0.25) is 0 Å². The molecule has 0 radical (unpaired) electrons. The van der Waals surface area contributed by atoms with E-state index in [0.29, 0.717) is 5.56 Å². The van der Waals surface area contributed by atoms with E-state index in [0.717, 1.165) is 22.4 Å². The fourth-order valence-corrected chi connectivity index (χ4v) is 3.09. The molecule has 0 aliphatic rings. The summed E-state index contributed by atoms with van der Waals surface area (Å²) in [5.74, 6) is -1.29. The number of carbonyl (C=O) groups is 4. The molecule has 0 fully saturated rings. The van der Waals surface area contributed by atoms with Crippen molar-refractivity contribution in [1.29, 1.82) is 0 Å². The van der Waals surface area contributed by atoms with Crippen molar-refractivity contribution < 1.29 is 29.0 Å². The van der Waals surface area contributed by atoms with Gasteiger partial charge in [0.15, 0.2) is 5.78 Å². The van der Waals surface area contributed by atoms with Crippen LogP contribution in [0.3, 0.4) is 0 Å². The second kappa shape index (κ2) is 18.5. The number of H-pyrrole nitrogens is 1. The molecule has 2 N–H and O–H groups in total. The van der Waals surface area contributed by atoms with E-state index in [1.165, 1.54) is 13.3 Å². The number of esters is 1. The lowest BCUT2D eigenvalue weighted by Gasteiger charge is -2.10. The highest BCUT2D eigenvalue weighted by molar-refractivity contribution is 6.09. The molecule has 214 valence electrons. The van der Waals surface area contributed by atoms with Crippen LogP contribution in [0.25, 0.3) is 10.9 Å². The monoisotopic (exact) mass is 539 g/mol. The molecule has 1 aromatic heterocycles. The molecule has 3 aromatic rings. The van der Waals surface area contributed by atoms with Crippen LogP contribution in [-0.2, 0) is 25.7 Å². The zero-order chi connectivity index (χ0) is 28.7. The quantitative estimate of drug-likeness (QED) is 0.204. The van der Waals surface area contributed by atoms with Crippen molar-refractivity contribution in [2.24, 2.45) is 17.8 Å². The molecule has 1 unspecified atom stereocenters. The van der Waals surface area contributed by atoms with E-state index in [2.05, 4.69) is 25.8 Å². The number of fused-ring (bicyclic) bond motifs is 1. The Morgan fingerprint density at radius 1 is 0.872 bits per heavy atom. The van der Waals surface area contributed by atoms with Crippen molar-refractivity contribution in [3.05, 3.63) is 71.9 Å². The molecule has 0 saturated heterocycles. The molecular formula is C32H45NO6. The van der Waals surface area contributed by atoms with Crippen LogP contribution in [0.15, 0.2) is 60.8 Å². The first-order valence-electron chi connectivity index (χ1n) is 13.0. The molecule has 0 aliphatic carbocycles. The molecular weight excluding hydrogens is 494 g/mol. The van der Waals surface area contributed by atoms with Crippen LogP contribution in [-0.4, -0.2) is 33.6 Å². The van der Waals surface area contributed by atoms with Crippen molar-refractivity contribution in [3.63, 3.8) is 0 Å². The standard InChI is InChI=1S/C20H19NO3.C6H10O3.C5H12.CH4/c1-14(11-19(22)24-13-15-7-3-2-4-8-15)20(23)17-12-21-18-10-6-5-9-16(17)18;1-4(5(2)7)3-6(8)9;1-4-5(2)3;/h2-10,12,14,21H,11,13H2,1H3;4H,3H2,1-2H3,(H,8,9);5H,4H2,1-3H3;1H4/t14-;;;/m0.../s1. The average Bonchev–Trinajstić information content (AvgIpc) is 3.32. The normalized spacial score (nSPS) is 11.6. The van der Waals surface area contributed by atoms with Crippen LogP contribution in [0, 0.1) is 17.8 Å². The van der Waals surface area contributed by atoms with Crippen molar-refractivity contribution in [2.45, 2.75) is 74.8 Å². The van der Waals surface area contributed by atoms with E-state index >= 15 is 0 Å². The van der Waals surface area contributed by atoms with Crippen LogP contribution in [0.4, 0.5) is 0 Å². The minimum atomic E-state index is -0.919. The molecule has 7 nitrogen and oxygen atoms in total. The molecule has 0 aliphatic heterocycles. The maximum absolute atomic E-state index is 12.6. The lowest BCUT2D eigenvalue weighted by molar-refractivity contribution is -0.145. The summed E-state index contributed by atoms with van der Waals surface area (Å²) in [6, 6.07) is 17.1. The Morgan fingerprint density at radius 3 is 1.95 bits per heavy atom. The van der Waals surface area contributed by atoms with Gasteiger partial charge in [-0.15, -0.1) is 0 Å². The van der Waals surface area contributed by atoms with Crippen LogP contribution < -0.4 is 0 Å². The van der Waals surface area contributed by atoms with Gasteiger partial charge in [0.25, 0.3) is 0 Å². The largest absolute Gasteiger partial charge is 0.481 e. The van der Waals surface area contributed by atoms with Crippen LogP contribution in [0.1, 0.15) is 84.2 Å². The number of ether oxygens (including phenoxy) is 1.